The minimum atomic E-state index is -0.625. The van der Waals surface area contributed by atoms with Crippen molar-refractivity contribution in [2.45, 2.75) is 129 Å². The zero-order chi connectivity index (χ0) is 28.6. The maximum absolute atomic E-state index is 13.6. The van der Waals surface area contributed by atoms with E-state index >= 15 is 0 Å². The van der Waals surface area contributed by atoms with Gasteiger partial charge in [0.15, 0.2) is 0 Å². The van der Waals surface area contributed by atoms with Gasteiger partial charge in [0.1, 0.15) is 11.9 Å². The number of hydrogen-bond acceptors (Lipinski definition) is 6. The summed E-state index contributed by atoms with van der Waals surface area (Å²) in [7, 11) is 0. The molecule has 0 radical (unpaired) electrons. The molecule has 0 spiro atoms. The molecule has 4 saturated carbocycles. The van der Waals surface area contributed by atoms with Crippen LogP contribution in [0, 0.1) is 34.0 Å². The molecule has 6 heteroatoms. The Labute approximate surface area is 242 Å². The highest BCUT2D eigenvalue weighted by Gasteiger charge is 2.68. The molecule has 39 heavy (non-hydrogen) atoms. The number of rotatable bonds is 8. The van der Waals surface area contributed by atoms with Crippen LogP contribution in [0.3, 0.4) is 0 Å². The third-order valence-electron chi connectivity index (χ3n) is 12.2. The normalized spacial score (nSPS) is 44.7. The third-order valence-corrected chi connectivity index (χ3v) is 13.5. The number of nitrogens with zero attached hydrogens (tertiary/aromatic N) is 1. The molecular weight excluding hydrogens is 506 g/mol. The highest BCUT2D eigenvalue weighted by molar-refractivity contribution is 8.00. The van der Waals surface area contributed by atoms with E-state index in [0.29, 0.717) is 35.7 Å². The van der Waals surface area contributed by atoms with E-state index in [2.05, 4.69) is 53.0 Å². The van der Waals surface area contributed by atoms with Crippen LogP contribution in [0.5, 0.6) is 0 Å². The van der Waals surface area contributed by atoms with Crippen LogP contribution in [0.2, 0.25) is 0 Å². The van der Waals surface area contributed by atoms with Gasteiger partial charge in [-0.25, -0.2) is 0 Å². The molecule has 10 atom stereocenters. The number of aliphatic hydroxyl groups is 1. The van der Waals surface area contributed by atoms with E-state index in [9.17, 15) is 14.7 Å². The second kappa shape index (κ2) is 12.2. The molecule has 0 aromatic carbocycles. The van der Waals surface area contributed by atoms with Crippen LogP contribution in [-0.4, -0.2) is 64.1 Å². The Morgan fingerprint density at radius 1 is 1.15 bits per heavy atom. The van der Waals surface area contributed by atoms with Crippen molar-refractivity contribution in [2.24, 2.45) is 34.0 Å². The molecule has 5 nitrogen and oxygen atoms in total. The lowest BCUT2D eigenvalue weighted by Crippen LogP contribution is -2.63. The standard InChI is InChI=1S/C33H55NO4S/c1-8-31(6)20-27(38-28(36)21-39-25-14-12-11-13-24(19-25)34(9-2)10-3)32(7)22(4)15-17-33(23(5)30(31)37)18-16-26(35)29(32)33/h8,22-25,27,29-30,37H,1,9-21H2,2-7H3/t22-,23+,24?,25?,27-,29+,30+,31-,32+,33?/m1/s1. The van der Waals surface area contributed by atoms with Crippen LogP contribution >= 0.6 is 11.8 Å². The summed E-state index contributed by atoms with van der Waals surface area (Å²) in [5, 5.41) is 12.2. The summed E-state index contributed by atoms with van der Waals surface area (Å²) < 4.78 is 6.48. The zero-order valence-electron chi connectivity index (χ0n) is 25.5. The molecule has 0 heterocycles. The van der Waals surface area contributed by atoms with Gasteiger partial charge in [0.05, 0.1) is 11.9 Å². The van der Waals surface area contributed by atoms with E-state index < -0.39 is 23.0 Å². The highest BCUT2D eigenvalue weighted by atomic mass is 32.2. The van der Waals surface area contributed by atoms with Crippen LogP contribution in [0.15, 0.2) is 12.7 Å². The molecule has 4 aliphatic rings. The third kappa shape index (κ3) is 5.52. The molecule has 0 aromatic heterocycles. The van der Waals surface area contributed by atoms with Crippen molar-refractivity contribution >= 4 is 23.5 Å². The summed E-state index contributed by atoms with van der Waals surface area (Å²) in [5.41, 5.74) is -1.26. The summed E-state index contributed by atoms with van der Waals surface area (Å²) >= 11 is 1.77. The van der Waals surface area contributed by atoms with Crippen LogP contribution in [0.25, 0.3) is 0 Å². The maximum atomic E-state index is 13.6. The first kappa shape index (κ1) is 31.1. The second-order valence-electron chi connectivity index (χ2n) is 13.9. The van der Waals surface area contributed by atoms with Gasteiger partial charge in [-0.15, -0.1) is 18.3 Å². The monoisotopic (exact) mass is 561 g/mol. The van der Waals surface area contributed by atoms with Gasteiger partial charge in [0, 0.05) is 34.5 Å². The lowest BCUT2D eigenvalue weighted by Gasteiger charge is -2.61. The van der Waals surface area contributed by atoms with Crippen molar-refractivity contribution in [1.82, 2.24) is 4.90 Å². The Morgan fingerprint density at radius 2 is 1.85 bits per heavy atom. The van der Waals surface area contributed by atoms with Crippen molar-refractivity contribution in [2.75, 3.05) is 18.8 Å². The Balaban J connectivity index is 1.56. The molecule has 1 N–H and O–H groups in total. The van der Waals surface area contributed by atoms with Gasteiger partial charge < -0.3 is 14.7 Å². The Bertz CT molecular complexity index is 906. The Morgan fingerprint density at radius 3 is 2.51 bits per heavy atom. The van der Waals surface area contributed by atoms with Crippen molar-refractivity contribution in [3.05, 3.63) is 12.7 Å². The molecule has 4 fully saturated rings. The second-order valence-corrected chi connectivity index (χ2v) is 15.2. The maximum Gasteiger partial charge on any atom is 0.316 e. The largest absolute Gasteiger partial charge is 0.461 e. The molecule has 4 rings (SSSR count). The summed E-state index contributed by atoms with van der Waals surface area (Å²) in [6.07, 6.45) is 10.7. The van der Waals surface area contributed by atoms with E-state index in [-0.39, 0.29) is 29.1 Å². The molecule has 222 valence electrons. The number of thioether (sulfide) groups is 1. The van der Waals surface area contributed by atoms with Gasteiger partial charge >= 0.3 is 5.97 Å². The first-order chi connectivity index (χ1) is 18.5. The number of esters is 1. The first-order valence-electron chi connectivity index (χ1n) is 15.9. The highest BCUT2D eigenvalue weighted by Crippen LogP contribution is 2.68. The van der Waals surface area contributed by atoms with Crippen molar-refractivity contribution in [3.8, 4) is 0 Å². The smallest absolute Gasteiger partial charge is 0.316 e. The summed E-state index contributed by atoms with van der Waals surface area (Å²) in [5.74, 6) is 0.570. The predicted octanol–water partition coefficient (Wildman–Crippen LogP) is 6.67. The average molecular weight is 562 g/mol. The van der Waals surface area contributed by atoms with E-state index in [1.807, 2.05) is 6.08 Å². The molecule has 0 aliphatic heterocycles. The zero-order valence-corrected chi connectivity index (χ0v) is 26.4. The van der Waals surface area contributed by atoms with Gasteiger partial charge in [-0.1, -0.05) is 60.5 Å². The van der Waals surface area contributed by atoms with Gasteiger partial charge in [0.2, 0.25) is 0 Å². The molecule has 4 aliphatic carbocycles. The summed E-state index contributed by atoms with van der Waals surface area (Å²) in [6, 6.07) is 0.599. The van der Waals surface area contributed by atoms with E-state index in [0.717, 1.165) is 45.2 Å². The Hall–Kier alpha value is -0.850. The summed E-state index contributed by atoms with van der Waals surface area (Å²) in [6.45, 7) is 19.4. The van der Waals surface area contributed by atoms with Crippen molar-refractivity contribution in [1.29, 1.82) is 0 Å². The molecule has 0 amide bonds. The molecule has 3 unspecified atom stereocenters. The predicted molar refractivity (Wildman–Crippen MR) is 161 cm³/mol. The number of aliphatic hydroxyl groups excluding tert-OH is 1. The quantitative estimate of drug-likeness (QED) is 0.203. The minimum Gasteiger partial charge on any atom is -0.461 e. The average Bonchev–Trinajstić information content (AvgIpc) is 3.11. The minimum absolute atomic E-state index is 0.00929. The lowest BCUT2D eigenvalue weighted by molar-refractivity contribution is -0.205. The Kier molecular flexibility index (Phi) is 9.71. The van der Waals surface area contributed by atoms with Gasteiger partial charge in [-0.3, -0.25) is 9.59 Å². The lowest BCUT2D eigenvalue weighted by atomic mass is 9.44. The van der Waals surface area contributed by atoms with Gasteiger partial charge in [-0.2, -0.15) is 0 Å². The van der Waals surface area contributed by atoms with Gasteiger partial charge in [-0.05, 0) is 75.3 Å². The molecular formula is C33H55NO4S. The fourth-order valence-corrected chi connectivity index (χ4v) is 10.5. The summed E-state index contributed by atoms with van der Waals surface area (Å²) in [4.78, 5) is 29.7. The number of carbonyl (C=O) groups is 2. The first-order valence-corrected chi connectivity index (χ1v) is 16.9. The van der Waals surface area contributed by atoms with E-state index in [4.69, 9.17) is 4.74 Å². The molecule has 2 bridgehead atoms. The molecule has 0 saturated heterocycles. The molecule has 0 aromatic rings. The fraction of sp³-hybridized carbons (Fsp3) is 0.879. The van der Waals surface area contributed by atoms with Crippen LogP contribution in [-0.2, 0) is 14.3 Å². The fourth-order valence-electron chi connectivity index (χ4n) is 9.39. The van der Waals surface area contributed by atoms with Crippen LogP contribution in [0.4, 0.5) is 0 Å². The number of hydrogen-bond donors (Lipinski definition) is 1. The topological polar surface area (TPSA) is 66.8 Å². The van der Waals surface area contributed by atoms with E-state index in [1.165, 1.54) is 19.3 Å². The number of ketones is 1. The van der Waals surface area contributed by atoms with E-state index in [1.54, 1.807) is 11.8 Å². The van der Waals surface area contributed by atoms with Crippen molar-refractivity contribution < 1.29 is 19.4 Å². The SMILES string of the molecule is C=C[C@]1(C)C[C@@H](OC(=O)CSC2CCCCC(N(CC)CC)C2)[C@]2(C)[C@H](C)CCC3(CCC(=O)[C@H]32)[C@@H](C)[C@@H]1O. The van der Waals surface area contributed by atoms with Crippen LogP contribution in [0.1, 0.15) is 106 Å². The van der Waals surface area contributed by atoms with Crippen LogP contribution < -0.4 is 0 Å². The van der Waals surface area contributed by atoms with Crippen molar-refractivity contribution in [3.63, 3.8) is 0 Å². The van der Waals surface area contributed by atoms with Gasteiger partial charge in [0.25, 0.3) is 0 Å². The number of carbonyl (C=O) groups excluding carboxylic acids is 2. The number of ether oxygens (including phenoxy) is 1. The number of Topliss-reactive ketones (excluding diaryl/α,β-unsaturated/α-hetero) is 1.